The fraction of sp³-hybridized carbons (Fsp3) is 0.312. The summed E-state index contributed by atoms with van der Waals surface area (Å²) in [7, 11) is 0. The summed E-state index contributed by atoms with van der Waals surface area (Å²) in [5, 5.41) is 2.72. The SMILES string of the molecule is CC(C)COc1c[nH]c(CNC(=O)c2cccnc2)cc1=O. The predicted molar refractivity (Wildman–Crippen MR) is 82.8 cm³/mol. The molecule has 0 aliphatic carbocycles. The topological polar surface area (TPSA) is 84.1 Å². The van der Waals surface area contributed by atoms with E-state index in [2.05, 4.69) is 15.3 Å². The van der Waals surface area contributed by atoms with E-state index in [0.29, 0.717) is 23.8 Å². The molecule has 0 aromatic carbocycles. The van der Waals surface area contributed by atoms with Crippen molar-refractivity contribution in [2.45, 2.75) is 20.4 Å². The van der Waals surface area contributed by atoms with Crippen molar-refractivity contribution in [3.05, 3.63) is 58.3 Å². The van der Waals surface area contributed by atoms with E-state index < -0.39 is 0 Å². The van der Waals surface area contributed by atoms with Crippen LogP contribution in [-0.2, 0) is 6.54 Å². The zero-order chi connectivity index (χ0) is 15.9. The van der Waals surface area contributed by atoms with Crippen LogP contribution in [0, 0.1) is 5.92 Å². The van der Waals surface area contributed by atoms with Crippen LogP contribution in [0.15, 0.2) is 41.6 Å². The second-order valence-electron chi connectivity index (χ2n) is 5.32. The summed E-state index contributed by atoms with van der Waals surface area (Å²) in [4.78, 5) is 30.6. The average molecular weight is 301 g/mol. The number of carbonyl (C=O) groups excluding carboxylic acids is 1. The smallest absolute Gasteiger partial charge is 0.253 e. The molecule has 2 heterocycles. The maximum absolute atomic E-state index is 11.9. The molecule has 1 amide bonds. The Morgan fingerprint density at radius 1 is 1.45 bits per heavy atom. The van der Waals surface area contributed by atoms with Crippen molar-refractivity contribution < 1.29 is 9.53 Å². The van der Waals surface area contributed by atoms with Crippen LogP contribution in [0.5, 0.6) is 5.75 Å². The standard InChI is InChI=1S/C16H19N3O3/c1-11(2)10-22-15-9-18-13(6-14(15)20)8-19-16(21)12-4-3-5-17-7-12/h3-7,9,11H,8,10H2,1-2H3,(H,18,20)(H,19,21). The molecule has 0 unspecified atom stereocenters. The van der Waals surface area contributed by atoms with Crippen molar-refractivity contribution in [1.82, 2.24) is 15.3 Å². The zero-order valence-electron chi connectivity index (χ0n) is 12.6. The first-order valence-corrected chi connectivity index (χ1v) is 7.09. The molecule has 0 aliphatic rings. The summed E-state index contributed by atoms with van der Waals surface area (Å²) in [5.74, 6) is 0.392. The third-order valence-electron chi connectivity index (χ3n) is 2.87. The number of aromatic nitrogens is 2. The van der Waals surface area contributed by atoms with Crippen molar-refractivity contribution >= 4 is 5.91 Å². The first-order valence-electron chi connectivity index (χ1n) is 7.09. The van der Waals surface area contributed by atoms with Gasteiger partial charge in [0.25, 0.3) is 5.91 Å². The highest BCUT2D eigenvalue weighted by Crippen LogP contribution is 2.05. The maximum Gasteiger partial charge on any atom is 0.253 e. The Balaban J connectivity index is 1.95. The van der Waals surface area contributed by atoms with Crippen LogP contribution >= 0.6 is 0 Å². The highest BCUT2D eigenvalue weighted by atomic mass is 16.5. The maximum atomic E-state index is 11.9. The molecular weight excluding hydrogens is 282 g/mol. The Hall–Kier alpha value is -2.63. The van der Waals surface area contributed by atoms with E-state index >= 15 is 0 Å². The van der Waals surface area contributed by atoms with Gasteiger partial charge in [0.1, 0.15) is 0 Å². The number of nitrogens with zero attached hydrogens (tertiary/aromatic N) is 1. The van der Waals surface area contributed by atoms with Crippen molar-refractivity contribution in [2.24, 2.45) is 5.92 Å². The molecule has 0 aliphatic heterocycles. The molecule has 0 saturated heterocycles. The van der Waals surface area contributed by atoms with Gasteiger partial charge in [0, 0.05) is 30.4 Å². The number of nitrogens with one attached hydrogen (secondary N) is 2. The van der Waals surface area contributed by atoms with Crippen molar-refractivity contribution in [1.29, 1.82) is 0 Å². The van der Waals surface area contributed by atoms with E-state index in [4.69, 9.17) is 4.74 Å². The predicted octanol–water partition coefficient (Wildman–Crippen LogP) is 1.73. The number of ether oxygens (including phenoxy) is 1. The van der Waals surface area contributed by atoms with Gasteiger partial charge < -0.3 is 15.0 Å². The first-order chi connectivity index (χ1) is 10.6. The Bertz CT molecular complexity index is 681. The third kappa shape index (κ3) is 4.44. The van der Waals surface area contributed by atoms with Gasteiger partial charge in [-0.05, 0) is 18.1 Å². The molecular formula is C16H19N3O3. The zero-order valence-corrected chi connectivity index (χ0v) is 12.6. The number of aromatic amines is 1. The van der Waals surface area contributed by atoms with Gasteiger partial charge >= 0.3 is 0 Å². The molecule has 0 atom stereocenters. The van der Waals surface area contributed by atoms with Gasteiger partial charge in [0.05, 0.1) is 18.7 Å². The lowest BCUT2D eigenvalue weighted by Crippen LogP contribution is -2.24. The number of amides is 1. The van der Waals surface area contributed by atoms with E-state index in [1.807, 2.05) is 13.8 Å². The van der Waals surface area contributed by atoms with Gasteiger partial charge in [-0.1, -0.05) is 13.8 Å². The molecule has 2 aromatic heterocycles. The van der Waals surface area contributed by atoms with Gasteiger partial charge in [-0.3, -0.25) is 14.6 Å². The molecule has 22 heavy (non-hydrogen) atoms. The summed E-state index contributed by atoms with van der Waals surface area (Å²) in [6, 6.07) is 4.80. The molecule has 0 spiro atoms. The number of pyridine rings is 2. The highest BCUT2D eigenvalue weighted by Gasteiger charge is 2.07. The van der Waals surface area contributed by atoms with E-state index in [9.17, 15) is 9.59 Å². The highest BCUT2D eigenvalue weighted by molar-refractivity contribution is 5.93. The lowest BCUT2D eigenvalue weighted by atomic mass is 10.2. The molecule has 6 heteroatoms. The summed E-state index contributed by atoms with van der Waals surface area (Å²) in [6.45, 7) is 4.74. The summed E-state index contributed by atoms with van der Waals surface area (Å²) < 4.78 is 5.41. The van der Waals surface area contributed by atoms with E-state index in [0.717, 1.165) is 0 Å². The van der Waals surface area contributed by atoms with E-state index in [1.165, 1.54) is 18.5 Å². The minimum Gasteiger partial charge on any atom is -0.488 e. The van der Waals surface area contributed by atoms with Crippen LogP contribution in [0.4, 0.5) is 0 Å². The molecule has 2 rings (SSSR count). The van der Waals surface area contributed by atoms with Crippen molar-refractivity contribution in [3.8, 4) is 5.75 Å². The first kappa shape index (κ1) is 15.8. The molecule has 0 saturated carbocycles. The lowest BCUT2D eigenvalue weighted by Gasteiger charge is -2.09. The van der Waals surface area contributed by atoms with Gasteiger partial charge in [-0.25, -0.2) is 0 Å². The average Bonchev–Trinajstić information content (AvgIpc) is 2.52. The Morgan fingerprint density at radius 2 is 2.27 bits per heavy atom. The number of hydrogen-bond acceptors (Lipinski definition) is 4. The summed E-state index contributed by atoms with van der Waals surface area (Å²) in [6.07, 6.45) is 4.61. The van der Waals surface area contributed by atoms with Crippen LogP contribution in [0.3, 0.4) is 0 Å². The number of hydrogen-bond donors (Lipinski definition) is 2. The summed E-state index contributed by atoms with van der Waals surface area (Å²) in [5.41, 5.74) is 0.880. The molecule has 116 valence electrons. The second-order valence-corrected chi connectivity index (χ2v) is 5.32. The Kier molecular flexibility index (Phi) is 5.30. The van der Waals surface area contributed by atoms with Gasteiger partial charge in [-0.2, -0.15) is 0 Å². The number of rotatable bonds is 6. The molecule has 2 N–H and O–H groups in total. The van der Waals surface area contributed by atoms with Crippen LogP contribution in [0.2, 0.25) is 0 Å². The second kappa shape index (κ2) is 7.40. The van der Waals surface area contributed by atoms with E-state index in [-0.39, 0.29) is 23.6 Å². The fourth-order valence-corrected chi connectivity index (χ4v) is 1.75. The Labute approximate surface area is 128 Å². The van der Waals surface area contributed by atoms with Gasteiger partial charge in [0.2, 0.25) is 5.43 Å². The molecule has 0 radical (unpaired) electrons. The van der Waals surface area contributed by atoms with E-state index in [1.54, 1.807) is 18.3 Å². The van der Waals surface area contributed by atoms with Gasteiger partial charge in [0.15, 0.2) is 5.75 Å². The molecule has 6 nitrogen and oxygen atoms in total. The van der Waals surface area contributed by atoms with Crippen LogP contribution in [-0.4, -0.2) is 22.5 Å². The molecule has 0 fully saturated rings. The van der Waals surface area contributed by atoms with Crippen LogP contribution < -0.4 is 15.5 Å². The largest absolute Gasteiger partial charge is 0.488 e. The summed E-state index contributed by atoms with van der Waals surface area (Å²) >= 11 is 0. The Morgan fingerprint density at radius 3 is 2.91 bits per heavy atom. The van der Waals surface area contributed by atoms with Crippen LogP contribution in [0.1, 0.15) is 29.9 Å². The fourth-order valence-electron chi connectivity index (χ4n) is 1.75. The van der Waals surface area contributed by atoms with Crippen LogP contribution in [0.25, 0.3) is 0 Å². The van der Waals surface area contributed by atoms with Crippen molar-refractivity contribution in [2.75, 3.05) is 6.61 Å². The number of H-pyrrole nitrogens is 1. The number of carbonyl (C=O) groups is 1. The minimum absolute atomic E-state index is 0.204. The minimum atomic E-state index is -0.242. The quantitative estimate of drug-likeness (QED) is 0.851. The molecule has 2 aromatic rings. The van der Waals surface area contributed by atoms with Crippen molar-refractivity contribution in [3.63, 3.8) is 0 Å². The normalized spacial score (nSPS) is 10.5. The van der Waals surface area contributed by atoms with Gasteiger partial charge in [-0.15, -0.1) is 0 Å². The third-order valence-corrected chi connectivity index (χ3v) is 2.87. The monoisotopic (exact) mass is 301 g/mol. The lowest BCUT2D eigenvalue weighted by molar-refractivity contribution is 0.0950. The molecule has 0 bridgehead atoms.